The smallest absolute Gasteiger partial charge is 0.306 e. The quantitative estimate of drug-likeness (QED) is 0.237. The van der Waals surface area contributed by atoms with Gasteiger partial charge in [0.25, 0.3) is 5.91 Å². The van der Waals surface area contributed by atoms with E-state index in [0.717, 1.165) is 12.8 Å². The Morgan fingerprint density at radius 1 is 0.958 bits per heavy atom. The lowest BCUT2D eigenvalue weighted by molar-refractivity contribution is -0.253. The zero-order valence-electron chi connectivity index (χ0n) is 27.1. The van der Waals surface area contributed by atoms with Crippen molar-refractivity contribution in [3.05, 3.63) is 63.8 Å². The number of likely N-dealkylation sites (tertiary alicyclic amines) is 2. The minimum Gasteiger partial charge on any atom is -0.481 e. The zero-order chi connectivity index (χ0) is 34.0. The van der Waals surface area contributed by atoms with Crippen LogP contribution in [-0.4, -0.2) is 97.1 Å². The van der Waals surface area contributed by atoms with Crippen LogP contribution >= 0.6 is 23.2 Å². The second kappa shape index (κ2) is 14.8. The molecule has 6 rings (SSSR count). The van der Waals surface area contributed by atoms with E-state index in [4.69, 9.17) is 41.8 Å². The number of Topliss-reactive ketones (excluding diaryl/α,β-unsaturated/α-hetero) is 1. The van der Waals surface area contributed by atoms with Gasteiger partial charge in [0.15, 0.2) is 5.78 Å². The van der Waals surface area contributed by atoms with Gasteiger partial charge in [-0.15, -0.1) is 0 Å². The van der Waals surface area contributed by atoms with Crippen LogP contribution in [-0.2, 0) is 30.2 Å². The highest BCUT2D eigenvalue weighted by Crippen LogP contribution is 2.39. The fourth-order valence-corrected chi connectivity index (χ4v) is 7.81. The molecule has 2 aliphatic heterocycles. The third-order valence-corrected chi connectivity index (χ3v) is 10.6. The fourth-order valence-electron chi connectivity index (χ4n) is 7.34. The van der Waals surface area contributed by atoms with Crippen LogP contribution in [0.2, 0.25) is 10.0 Å². The summed E-state index contributed by atoms with van der Waals surface area (Å²) in [6, 6.07) is 10.4. The molecule has 2 saturated heterocycles. The summed E-state index contributed by atoms with van der Waals surface area (Å²) >= 11 is 13.5. The summed E-state index contributed by atoms with van der Waals surface area (Å²) in [7, 11) is 3.26. The van der Waals surface area contributed by atoms with E-state index in [0.29, 0.717) is 79.6 Å². The molecule has 0 spiro atoms. The monoisotopic (exact) mass is 701 g/mol. The number of hydrogen-bond donors (Lipinski definition) is 2. The van der Waals surface area contributed by atoms with Crippen molar-refractivity contribution in [1.82, 2.24) is 9.80 Å². The number of nitrogens with one attached hydrogen (secondary N) is 1. The fraction of sp³-hybridized carbons (Fsp3) is 0.514. The highest BCUT2D eigenvalue weighted by Gasteiger charge is 2.56. The van der Waals surface area contributed by atoms with Crippen LogP contribution in [0.5, 0.6) is 0 Å². The molecule has 0 radical (unpaired) electrons. The zero-order valence-corrected chi connectivity index (χ0v) is 28.6. The van der Waals surface area contributed by atoms with Crippen LogP contribution in [0, 0.1) is 5.92 Å². The lowest BCUT2D eigenvalue weighted by Gasteiger charge is -2.48. The molecule has 1 unspecified atom stereocenters. The Labute approximate surface area is 289 Å². The van der Waals surface area contributed by atoms with Crippen molar-refractivity contribution < 1.29 is 38.1 Å². The second-order valence-corrected chi connectivity index (χ2v) is 13.6. The topological polar surface area (TPSA) is 131 Å². The van der Waals surface area contributed by atoms with Crippen LogP contribution in [0.1, 0.15) is 54.4 Å². The first kappa shape index (κ1) is 34.8. The molecule has 2 aromatic carbocycles. The lowest BCUT2D eigenvalue weighted by atomic mass is 9.87. The van der Waals surface area contributed by atoms with Gasteiger partial charge in [0.05, 0.1) is 40.5 Å². The predicted octanol–water partition coefficient (Wildman–Crippen LogP) is 5.86. The third-order valence-electron chi connectivity index (χ3n) is 9.96. The molecule has 258 valence electrons. The highest BCUT2D eigenvalue weighted by atomic mass is 35.5. The maximum atomic E-state index is 14.9. The Kier molecular flexibility index (Phi) is 10.8. The highest BCUT2D eigenvalue weighted by molar-refractivity contribution is 6.36. The Hall–Kier alpha value is -3.03. The molecule has 3 fully saturated rings. The molecule has 3 atom stereocenters. The summed E-state index contributed by atoms with van der Waals surface area (Å²) in [6.07, 6.45) is 4.28. The SMILES string of the molecule is CO[C@@H]1CN(C(OC2CCC(C(=O)O)CC2)(C(=O)Cc2cc(Cl)c(NC(=O)c3coc4ccccc34)cc2Cl)N2CCCC2)C[C@H]1OC. The van der Waals surface area contributed by atoms with Crippen LogP contribution in [0.15, 0.2) is 47.1 Å². The van der Waals surface area contributed by atoms with Crippen molar-refractivity contribution in [2.45, 2.75) is 69.1 Å². The van der Waals surface area contributed by atoms with Gasteiger partial charge in [-0.2, -0.15) is 0 Å². The van der Waals surface area contributed by atoms with E-state index in [2.05, 4.69) is 10.2 Å². The minimum atomic E-state index is -1.45. The average molecular weight is 703 g/mol. The van der Waals surface area contributed by atoms with Gasteiger partial charge in [-0.1, -0.05) is 41.4 Å². The van der Waals surface area contributed by atoms with Gasteiger partial charge in [0.2, 0.25) is 5.85 Å². The minimum absolute atomic E-state index is 0.0914. The molecule has 2 N–H and O–H groups in total. The van der Waals surface area contributed by atoms with Crippen LogP contribution in [0.3, 0.4) is 0 Å². The van der Waals surface area contributed by atoms with Gasteiger partial charge in [-0.25, -0.2) is 0 Å². The van der Waals surface area contributed by atoms with E-state index in [1.54, 1.807) is 38.5 Å². The number of nitrogens with zero attached hydrogens (tertiary/aromatic N) is 2. The Balaban J connectivity index is 1.29. The van der Waals surface area contributed by atoms with Crippen molar-refractivity contribution in [3.63, 3.8) is 0 Å². The number of anilines is 1. The molecule has 1 saturated carbocycles. The van der Waals surface area contributed by atoms with Crippen molar-refractivity contribution in [1.29, 1.82) is 0 Å². The van der Waals surface area contributed by atoms with Gasteiger partial charge >= 0.3 is 5.97 Å². The molecule has 3 aliphatic rings. The molecular formula is C35H41Cl2N3O8. The number of ether oxygens (including phenoxy) is 3. The van der Waals surface area contributed by atoms with Gasteiger partial charge in [0.1, 0.15) is 11.8 Å². The molecular weight excluding hydrogens is 661 g/mol. The number of carbonyl (C=O) groups is 3. The number of halogens is 2. The maximum absolute atomic E-state index is 14.9. The van der Waals surface area contributed by atoms with Crippen molar-refractivity contribution >= 4 is 57.5 Å². The predicted molar refractivity (Wildman–Crippen MR) is 181 cm³/mol. The third kappa shape index (κ3) is 6.87. The summed E-state index contributed by atoms with van der Waals surface area (Å²) in [4.78, 5) is 43.9. The first-order valence-electron chi connectivity index (χ1n) is 16.4. The molecule has 11 nitrogen and oxygen atoms in total. The number of hydrogen-bond acceptors (Lipinski definition) is 9. The van der Waals surface area contributed by atoms with E-state index in [1.165, 1.54) is 6.26 Å². The maximum Gasteiger partial charge on any atom is 0.306 e. The molecule has 1 aromatic heterocycles. The van der Waals surface area contributed by atoms with E-state index in [-0.39, 0.29) is 40.6 Å². The second-order valence-electron chi connectivity index (χ2n) is 12.8. The first-order valence-corrected chi connectivity index (χ1v) is 17.1. The van der Waals surface area contributed by atoms with Crippen LogP contribution in [0.25, 0.3) is 11.0 Å². The number of ketones is 1. The molecule has 1 aliphatic carbocycles. The lowest BCUT2D eigenvalue weighted by Crippen LogP contribution is -2.67. The van der Waals surface area contributed by atoms with Crippen molar-refractivity contribution in [2.24, 2.45) is 5.92 Å². The molecule has 3 aromatic rings. The van der Waals surface area contributed by atoms with Gasteiger partial charge in [-0.05, 0) is 62.3 Å². The number of aliphatic carboxylic acids is 1. The summed E-state index contributed by atoms with van der Waals surface area (Å²) < 4.78 is 24.0. The number of rotatable bonds is 12. The molecule has 1 amide bonds. The van der Waals surface area contributed by atoms with E-state index in [1.807, 2.05) is 17.0 Å². The van der Waals surface area contributed by atoms with E-state index in [9.17, 15) is 19.5 Å². The van der Waals surface area contributed by atoms with Crippen molar-refractivity contribution in [3.8, 4) is 0 Å². The van der Waals surface area contributed by atoms with Crippen molar-refractivity contribution in [2.75, 3.05) is 45.7 Å². The molecule has 48 heavy (non-hydrogen) atoms. The largest absolute Gasteiger partial charge is 0.481 e. The summed E-state index contributed by atoms with van der Waals surface area (Å²) in [5, 5.41) is 13.6. The number of carboxylic acids is 1. The number of amides is 1. The number of methoxy groups -OCH3 is 2. The molecule has 0 bridgehead atoms. The van der Waals surface area contributed by atoms with Gasteiger partial charge in [-0.3, -0.25) is 24.2 Å². The Bertz CT molecular complexity index is 1640. The number of furan rings is 1. The van der Waals surface area contributed by atoms with E-state index >= 15 is 0 Å². The van der Waals surface area contributed by atoms with Crippen LogP contribution < -0.4 is 5.32 Å². The number of carboxylic acid groups (broad SMARTS) is 1. The molecule has 3 heterocycles. The van der Waals surface area contributed by atoms with Crippen LogP contribution in [0.4, 0.5) is 5.69 Å². The Morgan fingerprint density at radius 2 is 1.62 bits per heavy atom. The standard InChI is InChI=1S/C35H41Cl2N3O8/c1-45-30-18-40(19-31(30)46-2)35(39-13-5-6-14-39,48-23-11-9-21(10-12-23)34(43)44)32(41)16-22-15-27(37)28(17-26(22)36)38-33(42)25-20-47-29-8-4-3-7-24(25)29/h3-4,7-8,15,17,20-21,23,30-31H,5-6,9-14,16,18-19H2,1-2H3,(H,38,42)(H,43,44)/t21?,23?,30-,31-,35?/m1/s1. The number of fused-ring (bicyclic) bond motifs is 1. The first-order chi connectivity index (χ1) is 23.1. The number of carbonyl (C=O) groups excluding carboxylic acids is 2. The summed E-state index contributed by atoms with van der Waals surface area (Å²) in [5.41, 5.74) is 1.74. The van der Waals surface area contributed by atoms with Gasteiger partial charge in [0, 0.05) is 57.2 Å². The molecule has 13 heteroatoms. The number of para-hydroxylation sites is 1. The normalized spacial score (nSPS) is 24.9. The Morgan fingerprint density at radius 3 is 2.27 bits per heavy atom. The summed E-state index contributed by atoms with van der Waals surface area (Å²) in [6.45, 7) is 2.13. The number of benzene rings is 2. The average Bonchev–Trinajstić information content (AvgIpc) is 3.86. The van der Waals surface area contributed by atoms with Gasteiger partial charge < -0.3 is 29.1 Å². The van der Waals surface area contributed by atoms with E-state index < -0.39 is 23.6 Å². The summed E-state index contributed by atoms with van der Waals surface area (Å²) in [5.74, 6) is -3.29.